The molecule has 0 radical (unpaired) electrons. The van der Waals surface area contributed by atoms with Gasteiger partial charge in [-0.2, -0.15) is 0 Å². The number of carbonyl (C=O) groups is 2. The Hall–Kier alpha value is -2.48. The molecule has 0 bridgehead atoms. The van der Waals surface area contributed by atoms with Crippen molar-refractivity contribution in [3.8, 4) is 0 Å². The number of hydrogen-bond acceptors (Lipinski definition) is 5. The van der Waals surface area contributed by atoms with Crippen molar-refractivity contribution in [2.75, 3.05) is 0 Å². The normalized spacial score (nSPS) is 29.5. The van der Waals surface area contributed by atoms with Crippen LogP contribution >= 0.6 is 0 Å². The standard InChI is InChI=1S/C27H32BNO5/c1-17(2)27(32)15-26(16-27,29-22(30)20-9-7-8-10-21(20)23(29)31)18-11-13-19(14-12-18)28-33-24(3,4)25(5,6)34-28/h7-14,17,32H,15-16H2,1-6H3/t26-,27-. The Morgan fingerprint density at radius 2 is 1.32 bits per heavy atom. The second-order valence-electron chi connectivity index (χ2n) is 11.3. The van der Waals surface area contributed by atoms with Crippen LogP contribution in [-0.2, 0) is 14.8 Å². The fourth-order valence-corrected chi connectivity index (χ4v) is 5.37. The van der Waals surface area contributed by atoms with Crippen LogP contribution in [0.25, 0.3) is 0 Å². The Labute approximate surface area is 201 Å². The molecule has 2 fully saturated rings. The highest BCUT2D eigenvalue weighted by Crippen LogP contribution is 2.57. The van der Waals surface area contributed by atoms with Gasteiger partial charge in [0, 0.05) is 12.8 Å². The summed E-state index contributed by atoms with van der Waals surface area (Å²) in [6.45, 7) is 12.0. The molecule has 2 aromatic carbocycles. The second kappa shape index (κ2) is 7.26. The quantitative estimate of drug-likeness (QED) is 0.556. The maximum absolute atomic E-state index is 13.4. The summed E-state index contributed by atoms with van der Waals surface area (Å²) < 4.78 is 12.4. The Bertz CT molecular complexity index is 1110. The molecule has 178 valence electrons. The summed E-state index contributed by atoms with van der Waals surface area (Å²) in [5.41, 5.74) is -0.202. The van der Waals surface area contributed by atoms with Crippen LogP contribution in [0.15, 0.2) is 48.5 Å². The molecule has 1 saturated carbocycles. The van der Waals surface area contributed by atoms with Crippen molar-refractivity contribution in [2.45, 2.75) is 76.7 Å². The van der Waals surface area contributed by atoms with Gasteiger partial charge in [-0.1, -0.05) is 50.2 Å². The molecule has 7 heteroatoms. The van der Waals surface area contributed by atoms with Gasteiger partial charge in [0.25, 0.3) is 11.8 Å². The molecule has 1 saturated heterocycles. The minimum atomic E-state index is -0.945. The molecule has 1 N–H and O–H groups in total. The predicted molar refractivity (Wildman–Crippen MR) is 130 cm³/mol. The smallest absolute Gasteiger partial charge is 0.399 e. The molecule has 2 heterocycles. The lowest BCUT2D eigenvalue weighted by Crippen LogP contribution is -2.66. The molecule has 5 rings (SSSR count). The average Bonchev–Trinajstić information content (AvgIpc) is 3.14. The zero-order chi connectivity index (χ0) is 24.7. The summed E-state index contributed by atoms with van der Waals surface area (Å²) in [5.74, 6) is -0.609. The number of amides is 2. The lowest BCUT2D eigenvalue weighted by molar-refractivity contribution is -0.156. The van der Waals surface area contributed by atoms with Gasteiger partial charge in [-0.3, -0.25) is 14.5 Å². The van der Waals surface area contributed by atoms with E-state index in [2.05, 4.69) is 0 Å². The Morgan fingerprint density at radius 3 is 1.76 bits per heavy atom. The molecule has 3 aliphatic rings. The summed E-state index contributed by atoms with van der Waals surface area (Å²) in [7, 11) is -0.497. The van der Waals surface area contributed by atoms with Crippen LogP contribution in [-0.4, -0.2) is 45.7 Å². The van der Waals surface area contributed by atoms with E-state index >= 15 is 0 Å². The van der Waals surface area contributed by atoms with Crippen LogP contribution in [0, 0.1) is 5.92 Å². The minimum absolute atomic E-state index is 0.000155. The molecular weight excluding hydrogens is 429 g/mol. The summed E-state index contributed by atoms with van der Waals surface area (Å²) in [6.07, 6.45) is 0.609. The SMILES string of the molecule is CC(C)[C@]1(O)C[C@](c2ccc(B3OC(C)(C)C(C)(C)O3)cc2)(N2C(=O)c3ccccc3C2=O)C1. The third-order valence-electron chi connectivity index (χ3n) is 8.47. The first-order valence-corrected chi connectivity index (χ1v) is 12.0. The molecular formula is C27H32BNO5. The number of fused-ring (bicyclic) bond motifs is 1. The molecule has 2 aliphatic heterocycles. The van der Waals surface area contributed by atoms with E-state index in [9.17, 15) is 14.7 Å². The van der Waals surface area contributed by atoms with Gasteiger partial charge in [0.15, 0.2) is 0 Å². The monoisotopic (exact) mass is 461 g/mol. The maximum Gasteiger partial charge on any atom is 0.494 e. The van der Waals surface area contributed by atoms with Crippen molar-refractivity contribution in [3.05, 3.63) is 65.2 Å². The molecule has 1 aliphatic carbocycles. The number of rotatable bonds is 4. The van der Waals surface area contributed by atoms with E-state index < -0.39 is 29.5 Å². The first-order valence-electron chi connectivity index (χ1n) is 12.0. The van der Waals surface area contributed by atoms with Gasteiger partial charge < -0.3 is 14.4 Å². The first kappa shape index (κ1) is 23.3. The van der Waals surface area contributed by atoms with Crippen molar-refractivity contribution < 1.29 is 24.0 Å². The zero-order valence-corrected chi connectivity index (χ0v) is 20.7. The van der Waals surface area contributed by atoms with Crippen LogP contribution in [0.3, 0.4) is 0 Å². The average molecular weight is 461 g/mol. The lowest BCUT2D eigenvalue weighted by atomic mass is 9.57. The van der Waals surface area contributed by atoms with Gasteiger partial charge in [0.1, 0.15) is 0 Å². The summed E-state index contributed by atoms with van der Waals surface area (Å²) >= 11 is 0. The second-order valence-corrected chi connectivity index (χ2v) is 11.3. The summed E-state index contributed by atoms with van der Waals surface area (Å²) in [5, 5.41) is 11.2. The number of carbonyl (C=O) groups excluding carboxylic acids is 2. The number of benzene rings is 2. The largest absolute Gasteiger partial charge is 0.494 e. The summed E-state index contributed by atoms with van der Waals surface area (Å²) in [6, 6.07) is 14.7. The fourth-order valence-electron chi connectivity index (χ4n) is 5.37. The highest BCUT2D eigenvalue weighted by Gasteiger charge is 2.63. The fraction of sp³-hybridized carbons (Fsp3) is 0.481. The minimum Gasteiger partial charge on any atom is -0.399 e. The van der Waals surface area contributed by atoms with Crippen molar-refractivity contribution in [3.63, 3.8) is 0 Å². The van der Waals surface area contributed by atoms with Crippen LogP contribution in [0.5, 0.6) is 0 Å². The van der Waals surface area contributed by atoms with E-state index in [1.54, 1.807) is 24.3 Å². The van der Waals surface area contributed by atoms with Gasteiger partial charge in [0.2, 0.25) is 0 Å². The van der Waals surface area contributed by atoms with Crippen LogP contribution in [0.4, 0.5) is 0 Å². The Morgan fingerprint density at radius 1 is 0.853 bits per heavy atom. The molecule has 0 atom stereocenters. The molecule has 2 amide bonds. The van der Waals surface area contributed by atoms with Gasteiger partial charge in [-0.05, 0) is 56.8 Å². The predicted octanol–water partition coefficient (Wildman–Crippen LogP) is 3.66. The third-order valence-corrected chi connectivity index (χ3v) is 8.47. The van der Waals surface area contributed by atoms with Crippen molar-refractivity contribution in [2.24, 2.45) is 5.92 Å². The topological polar surface area (TPSA) is 76.1 Å². The van der Waals surface area contributed by atoms with Gasteiger partial charge in [0.05, 0.1) is 33.5 Å². The molecule has 2 aromatic rings. The van der Waals surface area contributed by atoms with Gasteiger partial charge in [-0.15, -0.1) is 0 Å². The van der Waals surface area contributed by atoms with E-state index in [0.717, 1.165) is 11.0 Å². The Kier molecular flexibility index (Phi) is 4.97. The van der Waals surface area contributed by atoms with Crippen LogP contribution < -0.4 is 5.46 Å². The maximum atomic E-state index is 13.4. The van der Waals surface area contributed by atoms with E-state index in [0.29, 0.717) is 24.0 Å². The van der Waals surface area contributed by atoms with E-state index in [1.807, 2.05) is 65.8 Å². The van der Waals surface area contributed by atoms with E-state index in [4.69, 9.17) is 9.31 Å². The van der Waals surface area contributed by atoms with E-state index in [-0.39, 0.29) is 17.7 Å². The van der Waals surface area contributed by atoms with Crippen molar-refractivity contribution in [1.29, 1.82) is 0 Å². The van der Waals surface area contributed by atoms with Crippen molar-refractivity contribution in [1.82, 2.24) is 4.90 Å². The molecule has 0 unspecified atom stereocenters. The molecule has 0 spiro atoms. The number of nitrogens with zero attached hydrogens (tertiary/aromatic N) is 1. The first-order chi connectivity index (χ1) is 15.8. The van der Waals surface area contributed by atoms with Gasteiger partial charge >= 0.3 is 7.12 Å². The molecule has 0 aromatic heterocycles. The molecule has 34 heavy (non-hydrogen) atoms. The highest BCUT2D eigenvalue weighted by atomic mass is 16.7. The zero-order valence-electron chi connectivity index (χ0n) is 20.7. The number of aliphatic hydroxyl groups is 1. The summed E-state index contributed by atoms with van der Waals surface area (Å²) in [4.78, 5) is 28.2. The highest BCUT2D eigenvalue weighted by molar-refractivity contribution is 6.62. The number of imide groups is 1. The molecule has 6 nitrogen and oxygen atoms in total. The Balaban J connectivity index is 1.51. The third kappa shape index (κ3) is 3.14. The van der Waals surface area contributed by atoms with Crippen LogP contribution in [0.2, 0.25) is 0 Å². The van der Waals surface area contributed by atoms with Gasteiger partial charge in [-0.25, -0.2) is 0 Å². The number of hydrogen-bond donors (Lipinski definition) is 1. The lowest BCUT2D eigenvalue weighted by Gasteiger charge is -2.58. The van der Waals surface area contributed by atoms with Crippen molar-refractivity contribution >= 4 is 24.4 Å². The van der Waals surface area contributed by atoms with Crippen LogP contribution in [0.1, 0.15) is 80.7 Å². The van der Waals surface area contributed by atoms with E-state index in [1.165, 1.54) is 4.90 Å².